The Hall–Kier alpha value is -1.88. The van der Waals surface area contributed by atoms with Gasteiger partial charge in [-0.3, -0.25) is 0 Å². The van der Waals surface area contributed by atoms with Crippen LogP contribution in [0.2, 0.25) is 0 Å². The van der Waals surface area contributed by atoms with Gasteiger partial charge in [0.25, 0.3) is 5.89 Å². The summed E-state index contributed by atoms with van der Waals surface area (Å²) in [6.07, 6.45) is 2.64. The third kappa shape index (κ3) is 3.11. The molecule has 0 aliphatic heterocycles. The number of nitrogens with zero attached hydrogens (tertiary/aromatic N) is 2. The number of rotatable bonds is 5. The lowest BCUT2D eigenvalue weighted by molar-refractivity contribution is 0.172. The summed E-state index contributed by atoms with van der Waals surface area (Å²) in [5.74, 6) is 2.34. The summed E-state index contributed by atoms with van der Waals surface area (Å²) in [4.78, 5) is 4.47. The second-order valence-electron chi connectivity index (χ2n) is 6.92. The number of nitrogens with two attached hydrogens (primary N) is 1. The summed E-state index contributed by atoms with van der Waals surface area (Å²) in [5, 5.41) is 4.06. The Morgan fingerprint density at radius 1 is 1.26 bits per heavy atom. The molecular formula is C18H25N3O2. The van der Waals surface area contributed by atoms with Crippen LogP contribution in [0.1, 0.15) is 74.9 Å². The van der Waals surface area contributed by atoms with Crippen LogP contribution in [0.4, 0.5) is 0 Å². The molecule has 1 aromatic heterocycles. The average molecular weight is 315 g/mol. The molecule has 0 spiro atoms. The molecule has 5 heteroatoms. The lowest BCUT2D eigenvalue weighted by atomic mass is 9.77. The first-order valence-corrected chi connectivity index (χ1v) is 8.29. The Balaban J connectivity index is 1.79. The van der Waals surface area contributed by atoms with E-state index in [-0.39, 0.29) is 6.10 Å². The largest absolute Gasteiger partial charge is 0.481 e. The van der Waals surface area contributed by atoms with Crippen LogP contribution in [-0.2, 0) is 5.54 Å². The standard InChI is InChI=1S/C18H25N3O2/c1-11(2)14-7-6-12(3)10-15(14)22-13(4)16-20-17(21-23-16)18(19)8-5-9-18/h6-7,10-11,13H,5,8-9,19H2,1-4H3. The van der Waals surface area contributed by atoms with Crippen LogP contribution >= 0.6 is 0 Å². The summed E-state index contributed by atoms with van der Waals surface area (Å²) < 4.78 is 11.5. The fourth-order valence-corrected chi connectivity index (χ4v) is 2.85. The number of ether oxygens (including phenoxy) is 1. The number of aromatic nitrogens is 2. The molecule has 1 heterocycles. The van der Waals surface area contributed by atoms with Gasteiger partial charge in [0.05, 0.1) is 5.54 Å². The third-order valence-electron chi connectivity index (χ3n) is 4.58. The van der Waals surface area contributed by atoms with Gasteiger partial charge in [-0.25, -0.2) is 0 Å². The second-order valence-corrected chi connectivity index (χ2v) is 6.92. The first-order chi connectivity index (χ1) is 10.9. The number of benzene rings is 1. The van der Waals surface area contributed by atoms with Crippen LogP contribution < -0.4 is 10.5 Å². The van der Waals surface area contributed by atoms with E-state index in [1.807, 2.05) is 6.92 Å². The third-order valence-corrected chi connectivity index (χ3v) is 4.58. The molecule has 1 atom stereocenters. The zero-order valence-electron chi connectivity index (χ0n) is 14.3. The van der Waals surface area contributed by atoms with E-state index in [0.717, 1.165) is 30.6 Å². The van der Waals surface area contributed by atoms with Crippen molar-refractivity contribution in [3.63, 3.8) is 0 Å². The monoisotopic (exact) mass is 315 g/mol. The van der Waals surface area contributed by atoms with Gasteiger partial charge in [-0.05, 0) is 56.2 Å². The van der Waals surface area contributed by atoms with Crippen LogP contribution in [0.15, 0.2) is 22.7 Å². The maximum Gasteiger partial charge on any atom is 0.267 e. The normalized spacial score (nSPS) is 17.8. The zero-order valence-corrected chi connectivity index (χ0v) is 14.3. The van der Waals surface area contributed by atoms with Crippen LogP contribution in [0.5, 0.6) is 5.75 Å². The van der Waals surface area contributed by atoms with E-state index >= 15 is 0 Å². The molecule has 0 radical (unpaired) electrons. The Bertz CT molecular complexity index is 689. The predicted octanol–water partition coefficient (Wildman–Crippen LogP) is 3.98. The topological polar surface area (TPSA) is 74.2 Å². The van der Waals surface area contributed by atoms with Crippen LogP contribution in [0.3, 0.4) is 0 Å². The van der Waals surface area contributed by atoms with E-state index in [1.165, 1.54) is 5.56 Å². The minimum Gasteiger partial charge on any atom is -0.481 e. The Labute approximate surface area is 137 Å². The Morgan fingerprint density at radius 2 is 2.00 bits per heavy atom. The summed E-state index contributed by atoms with van der Waals surface area (Å²) in [6.45, 7) is 8.29. The molecule has 124 valence electrons. The molecule has 2 N–H and O–H groups in total. The quantitative estimate of drug-likeness (QED) is 0.903. The van der Waals surface area contributed by atoms with Crippen LogP contribution in [-0.4, -0.2) is 10.1 Å². The summed E-state index contributed by atoms with van der Waals surface area (Å²) in [5.41, 5.74) is 8.18. The van der Waals surface area contributed by atoms with Gasteiger partial charge in [0, 0.05) is 0 Å². The van der Waals surface area contributed by atoms with Crippen molar-refractivity contribution >= 4 is 0 Å². The molecule has 1 saturated carbocycles. The van der Waals surface area contributed by atoms with Gasteiger partial charge in [0.1, 0.15) is 5.75 Å². The molecule has 1 unspecified atom stereocenters. The molecule has 5 nitrogen and oxygen atoms in total. The highest BCUT2D eigenvalue weighted by Crippen LogP contribution is 2.37. The molecule has 0 bridgehead atoms. The van der Waals surface area contributed by atoms with Crippen molar-refractivity contribution in [3.8, 4) is 5.75 Å². The van der Waals surface area contributed by atoms with Gasteiger partial charge in [0.2, 0.25) is 0 Å². The maximum absolute atomic E-state index is 6.25. The fourth-order valence-electron chi connectivity index (χ4n) is 2.85. The number of hydrogen-bond acceptors (Lipinski definition) is 5. The lowest BCUT2D eigenvalue weighted by Crippen LogP contribution is -2.44. The molecule has 23 heavy (non-hydrogen) atoms. The molecule has 1 aliphatic rings. The molecule has 1 aromatic carbocycles. The number of hydrogen-bond donors (Lipinski definition) is 1. The van der Waals surface area contributed by atoms with E-state index in [0.29, 0.717) is 17.6 Å². The highest BCUT2D eigenvalue weighted by Gasteiger charge is 2.39. The molecule has 1 fully saturated rings. The van der Waals surface area contributed by atoms with E-state index in [2.05, 4.69) is 49.1 Å². The van der Waals surface area contributed by atoms with Crippen molar-refractivity contribution in [1.82, 2.24) is 10.1 Å². The van der Waals surface area contributed by atoms with Gasteiger partial charge in [0.15, 0.2) is 11.9 Å². The predicted molar refractivity (Wildman–Crippen MR) is 88.3 cm³/mol. The van der Waals surface area contributed by atoms with Crippen molar-refractivity contribution in [2.45, 2.75) is 64.5 Å². The molecule has 0 amide bonds. The van der Waals surface area contributed by atoms with Crippen molar-refractivity contribution in [2.75, 3.05) is 0 Å². The van der Waals surface area contributed by atoms with Gasteiger partial charge in [-0.15, -0.1) is 0 Å². The van der Waals surface area contributed by atoms with Gasteiger partial charge >= 0.3 is 0 Å². The van der Waals surface area contributed by atoms with E-state index in [4.69, 9.17) is 15.0 Å². The SMILES string of the molecule is Cc1ccc(C(C)C)c(OC(C)c2nc(C3(N)CCC3)no2)c1. The van der Waals surface area contributed by atoms with Gasteiger partial charge in [-0.2, -0.15) is 4.98 Å². The Kier molecular flexibility index (Phi) is 4.15. The van der Waals surface area contributed by atoms with Crippen LogP contribution in [0.25, 0.3) is 0 Å². The van der Waals surface area contributed by atoms with Crippen molar-refractivity contribution in [2.24, 2.45) is 5.73 Å². The fraction of sp³-hybridized carbons (Fsp3) is 0.556. The van der Waals surface area contributed by atoms with Crippen molar-refractivity contribution in [3.05, 3.63) is 41.0 Å². The second kappa shape index (κ2) is 5.96. The van der Waals surface area contributed by atoms with Crippen molar-refractivity contribution < 1.29 is 9.26 Å². The highest BCUT2D eigenvalue weighted by atomic mass is 16.5. The highest BCUT2D eigenvalue weighted by molar-refractivity contribution is 5.39. The summed E-state index contributed by atoms with van der Waals surface area (Å²) >= 11 is 0. The maximum atomic E-state index is 6.25. The van der Waals surface area contributed by atoms with E-state index < -0.39 is 5.54 Å². The van der Waals surface area contributed by atoms with Crippen LogP contribution in [0, 0.1) is 6.92 Å². The molecular weight excluding hydrogens is 290 g/mol. The summed E-state index contributed by atoms with van der Waals surface area (Å²) in [6, 6.07) is 6.27. The minimum absolute atomic E-state index is 0.306. The minimum atomic E-state index is -0.409. The first kappa shape index (κ1) is 16.0. The van der Waals surface area contributed by atoms with Crippen molar-refractivity contribution in [1.29, 1.82) is 0 Å². The lowest BCUT2D eigenvalue weighted by Gasteiger charge is -2.34. The smallest absolute Gasteiger partial charge is 0.267 e. The zero-order chi connectivity index (χ0) is 16.6. The first-order valence-electron chi connectivity index (χ1n) is 8.29. The molecule has 3 rings (SSSR count). The molecule has 1 aliphatic carbocycles. The molecule has 0 saturated heterocycles. The molecule has 2 aromatic rings. The Morgan fingerprint density at radius 3 is 2.61 bits per heavy atom. The van der Waals surface area contributed by atoms with E-state index in [9.17, 15) is 0 Å². The number of aryl methyl sites for hydroxylation is 1. The summed E-state index contributed by atoms with van der Waals surface area (Å²) in [7, 11) is 0. The van der Waals surface area contributed by atoms with E-state index in [1.54, 1.807) is 0 Å². The van der Waals surface area contributed by atoms with Gasteiger partial charge < -0.3 is 15.0 Å². The van der Waals surface area contributed by atoms with Gasteiger partial charge in [-0.1, -0.05) is 31.1 Å². The average Bonchev–Trinajstić information content (AvgIpc) is 2.94.